The zero-order valence-electron chi connectivity index (χ0n) is 16.1. The third-order valence-electron chi connectivity index (χ3n) is 3.78. The van der Waals surface area contributed by atoms with Crippen LogP contribution < -0.4 is 10.1 Å². The van der Waals surface area contributed by atoms with Crippen molar-refractivity contribution in [3.63, 3.8) is 0 Å². The first-order valence-electron chi connectivity index (χ1n) is 8.71. The molecule has 0 saturated carbocycles. The number of nitrogens with one attached hydrogen (secondary N) is 1. The van der Waals surface area contributed by atoms with Crippen molar-refractivity contribution in [3.05, 3.63) is 59.7 Å². The molecule has 0 bridgehead atoms. The van der Waals surface area contributed by atoms with E-state index < -0.39 is 15.9 Å². The molecule has 0 unspecified atom stereocenters. The van der Waals surface area contributed by atoms with Crippen LogP contribution in [-0.2, 0) is 21.4 Å². The number of nitrogens with zero attached hydrogens (tertiary/aromatic N) is 1. The van der Waals surface area contributed by atoms with Crippen LogP contribution in [0, 0.1) is 6.92 Å². The molecular weight excluding hydrogens is 364 g/mol. The molecule has 0 fully saturated rings. The molecule has 0 aliphatic carbocycles. The number of anilines is 1. The van der Waals surface area contributed by atoms with E-state index in [9.17, 15) is 13.2 Å². The number of sulfonamides is 1. The second kappa shape index (κ2) is 9.01. The van der Waals surface area contributed by atoms with Crippen molar-refractivity contribution in [1.82, 2.24) is 4.31 Å². The van der Waals surface area contributed by atoms with E-state index in [-0.39, 0.29) is 19.2 Å². The number of carbonyl (C=O) groups is 1. The number of hydrogen-bond donors (Lipinski definition) is 1. The maximum atomic E-state index is 12.3. The van der Waals surface area contributed by atoms with Gasteiger partial charge in [0.25, 0.3) is 0 Å². The SMILES string of the molecule is Cc1ccc(CN(CC(=O)Nc2ccc(OC(C)C)cc2)S(C)(=O)=O)cc1. The summed E-state index contributed by atoms with van der Waals surface area (Å²) in [6, 6.07) is 14.5. The molecule has 7 heteroatoms. The molecule has 0 aliphatic heterocycles. The second-order valence-corrected chi connectivity index (χ2v) is 8.74. The highest BCUT2D eigenvalue weighted by Crippen LogP contribution is 2.17. The van der Waals surface area contributed by atoms with Gasteiger partial charge in [-0.05, 0) is 50.6 Å². The van der Waals surface area contributed by atoms with E-state index in [0.29, 0.717) is 11.4 Å². The van der Waals surface area contributed by atoms with Crippen LogP contribution >= 0.6 is 0 Å². The zero-order valence-corrected chi connectivity index (χ0v) is 16.9. The molecule has 0 spiro atoms. The fourth-order valence-electron chi connectivity index (χ4n) is 2.44. The first-order chi connectivity index (χ1) is 12.6. The van der Waals surface area contributed by atoms with Gasteiger partial charge in [-0.25, -0.2) is 8.42 Å². The van der Waals surface area contributed by atoms with Gasteiger partial charge >= 0.3 is 0 Å². The molecule has 146 valence electrons. The Balaban J connectivity index is 2.02. The molecule has 0 radical (unpaired) electrons. The second-order valence-electron chi connectivity index (χ2n) is 6.76. The predicted molar refractivity (Wildman–Crippen MR) is 107 cm³/mol. The van der Waals surface area contributed by atoms with Gasteiger partial charge in [0.15, 0.2) is 0 Å². The number of benzene rings is 2. The Bertz CT molecular complexity index is 860. The smallest absolute Gasteiger partial charge is 0.239 e. The van der Waals surface area contributed by atoms with Crippen molar-refractivity contribution in [2.24, 2.45) is 0 Å². The number of hydrogen-bond acceptors (Lipinski definition) is 4. The number of aryl methyl sites for hydroxylation is 1. The van der Waals surface area contributed by atoms with E-state index in [0.717, 1.165) is 21.7 Å². The van der Waals surface area contributed by atoms with Crippen LogP contribution in [-0.4, -0.2) is 37.5 Å². The summed E-state index contributed by atoms with van der Waals surface area (Å²) < 4.78 is 30.8. The molecule has 6 nitrogen and oxygen atoms in total. The molecule has 1 amide bonds. The highest BCUT2D eigenvalue weighted by Gasteiger charge is 2.20. The molecular formula is C20H26N2O4S. The third-order valence-corrected chi connectivity index (χ3v) is 4.97. The third kappa shape index (κ3) is 7.03. The van der Waals surface area contributed by atoms with E-state index in [4.69, 9.17) is 4.74 Å². The maximum Gasteiger partial charge on any atom is 0.239 e. The summed E-state index contributed by atoms with van der Waals surface area (Å²) in [5.74, 6) is 0.310. The Morgan fingerprint density at radius 2 is 1.67 bits per heavy atom. The van der Waals surface area contributed by atoms with Gasteiger partial charge in [-0.3, -0.25) is 4.79 Å². The van der Waals surface area contributed by atoms with Crippen molar-refractivity contribution in [1.29, 1.82) is 0 Å². The Kier molecular flexibility index (Phi) is 6.98. The van der Waals surface area contributed by atoms with Crippen LogP contribution in [0.25, 0.3) is 0 Å². The van der Waals surface area contributed by atoms with Crippen molar-refractivity contribution in [2.45, 2.75) is 33.4 Å². The molecule has 0 aromatic heterocycles. The quantitative estimate of drug-likeness (QED) is 0.751. The van der Waals surface area contributed by atoms with Gasteiger partial charge in [0.2, 0.25) is 15.9 Å². The van der Waals surface area contributed by atoms with Crippen LogP contribution in [0.2, 0.25) is 0 Å². The Morgan fingerprint density at radius 3 is 2.19 bits per heavy atom. The van der Waals surface area contributed by atoms with Gasteiger partial charge < -0.3 is 10.1 Å². The summed E-state index contributed by atoms with van der Waals surface area (Å²) in [6.45, 7) is 5.72. The van der Waals surface area contributed by atoms with Gasteiger partial charge in [-0.15, -0.1) is 0 Å². The number of carbonyl (C=O) groups excluding carboxylic acids is 1. The molecule has 2 aromatic rings. The summed E-state index contributed by atoms with van der Waals surface area (Å²) >= 11 is 0. The predicted octanol–water partition coefficient (Wildman–Crippen LogP) is 3.18. The van der Waals surface area contributed by atoms with Gasteiger partial charge in [-0.1, -0.05) is 29.8 Å². The fraction of sp³-hybridized carbons (Fsp3) is 0.350. The molecule has 0 heterocycles. The molecule has 0 saturated heterocycles. The summed E-state index contributed by atoms with van der Waals surface area (Å²) in [5, 5.41) is 2.72. The molecule has 27 heavy (non-hydrogen) atoms. The minimum absolute atomic E-state index is 0.0653. The van der Waals surface area contributed by atoms with Gasteiger partial charge in [-0.2, -0.15) is 4.31 Å². The van der Waals surface area contributed by atoms with Crippen LogP contribution in [0.1, 0.15) is 25.0 Å². The normalized spacial score (nSPS) is 11.6. The topological polar surface area (TPSA) is 75.7 Å². The standard InChI is InChI=1S/C20H26N2O4S/c1-15(2)26-19-11-9-18(10-12-19)21-20(23)14-22(27(4,24)25)13-17-7-5-16(3)6-8-17/h5-12,15H,13-14H2,1-4H3,(H,21,23). The van der Waals surface area contributed by atoms with Crippen molar-refractivity contribution in [2.75, 3.05) is 18.1 Å². The Hall–Kier alpha value is -2.38. The summed E-state index contributed by atoms with van der Waals surface area (Å²) in [6.07, 6.45) is 1.17. The van der Waals surface area contributed by atoms with Gasteiger partial charge in [0.1, 0.15) is 5.75 Å². The molecule has 0 atom stereocenters. The van der Waals surface area contributed by atoms with E-state index >= 15 is 0 Å². The number of ether oxygens (including phenoxy) is 1. The van der Waals surface area contributed by atoms with Crippen LogP contribution in [0.5, 0.6) is 5.75 Å². The average Bonchev–Trinajstić information content (AvgIpc) is 2.56. The Morgan fingerprint density at radius 1 is 1.07 bits per heavy atom. The lowest BCUT2D eigenvalue weighted by Gasteiger charge is -2.20. The monoisotopic (exact) mass is 390 g/mol. The van der Waals surface area contributed by atoms with E-state index in [1.165, 1.54) is 0 Å². The van der Waals surface area contributed by atoms with Crippen molar-refractivity contribution >= 4 is 21.6 Å². The van der Waals surface area contributed by atoms with Crippen LogP contribution in [0.4, 0.5) is 5.69 Å². The lowest BCUT2D eigenvalue weighted by atomic mass is 10.1. The van der Waals surface area contributed by atoms with Gasteiger partial charge in [0, 0.05) is 12.2 Å². The van der Waals surface area contributed by atoms with E-state index in [1.54, 1.807) is 24.3 Å². The molecule has 2 rings (SSSR count). The average molecular weight is 391 g/mol. The molecule has 1 N–H and O–H groups in total. The Labute approximate surface area is 161 Å². The fourth-order valence-corrected chi connectivity index (χ4v) is 3.17. The van der Waals surface area contributed by atoms with Crippen molar-refractivity contribution < 1.29 is 17.9 Å². The lowest BCUT2D eigenvalue weighted by molar-refractivity contribution is -0.116. The number of amides is 1. The summed E-state index contributed by atoms with van der Waals surface area (Å²) in [4.78, 5) is 12.3. The molecule has 0 aliphatic rings. The van der Waals surface area contributed by atoms with E-state index in [2.05, 4.69) is 5.32 Å². The highest BCUT2D eigenvalue weighted by molar-refractivity contribution is 7.88. The zero-order chi connectivity index (χ0) is 20.0. The minimum atomic E-state index is -3.53. The largest absolute Gasteiger partial charge is 0.491 e. The summed E-state index contributed by atoms with van der Waals surface area (Å²) in [7, 11) is -3.53. The van der Waals surface area contributed by atoms with Gasteiger partial charge in [0.05, 0.1) is 18.9 Å². The lowest BCUT2D eigenvalue weighted by Crippen LogP contribution is -2.36. The first-order valence-corrected chi connectivity index (χ1v) is 10.6. The number of rotatable bonds is 8. The van der Waals surface area contributed by atoms with Crippen LogP contribution in [0.15, 0.2) is 48.5 Å². The maximum absolute atomic E-state index is 12.3. The molecule has 2 aromatic carbocycles. The summed E-state index contributed by atoms with van der Waals surface area (Å²) in [5.41, 5.74) is 2.50. The highest BCUT2D eigenvalue weighted by atomic mass is 32.2. The first kappa shape index (κ1) is 20.9. The van der Waals surface area contributed by atoms with E-state index in [1.807, 2.05) is 45.0 Å². The van der Waals surface area contributed by atoms with Crippen molar-refractivity contribution in [3.8, 4) is 5.75 Å². The van der Waals surface area contributed by atoms with Crippen LogP contribution in [0.3, 0.4) is 0 Å². The minimum Gasteiger partial charge on any atom is -0.491 e.